The van der Waals surface area contributed by atoms with E-state index in [0.29, 0.717) is 5.88 Å². The zero-order chi connectivity index (χ0) is 8.39. The van der Waals surface area contributed by atoms with Gasteiger partial charge in [-0.25, -0.2) is 0 Å². The van der Waals surface area contributed by atoms with E-state index in [1.165, 1.54) is 16.3 Å². The molecule has 0 spiro atoms. The zero-order valence-corrected chi connectivity index (χ0v) is 8.88. The predicted molar refractivity (Wildman–Crippen MR) is 63.1 cm³/mol. The highest BCUT2D eigenvalue weighted by Gasteiger charge is 1.96. The second-order valence-electron chi connectivity index (χ2n) is 2.77. The second kappa shape index (κ2) is 5.60. The van der Waals surface area contributed by atoms with Crippen molar-refractivity contribution in [2.45, 2.75) is 5.88 Å². The summed E-state index contributed by atoms with van der Waals surface area (Å²) in [5.74, 6) is 0.585. The van der Waals surface area contributed by atoms with Crippen LogP contribution in [0.1, 0.15) is 5.56 Å². The number of alkyl halides is 1. The first-order valence-corrected chi connectivity index (χ1v) is 4.48. The van der Waals surface area contributed by atoms with Gasteiger partial charge in [0.1, 0.15) is 0 Å². The summed E-state index contributed by atoms with van der Waals surface area (Å²) in [4.78, 5) is 0. The Bertz CT molecular complexity index is 398. The molecule has 0 bridgehead atoms. The van der Waals surface area contributed by atoms with Crippen LogP contribution in [0.2, 0.25) is 0 Å². The van der Waals surface area contributed by atoms with Crippen LogP contribution < -0.4 is 6.15 Å². The molecule has 0 aliphatic rings. The van der Waals surface area contributed by atoms with Gasteiger partial charge < -0.3 is 11.6 Å². The molecule has 2 nitrogen and oxygen atoms in total. The van der Waals surface area contributed by atoms with Gasteiger partial charge in [0.05, 0.1) is 0 Å². The highest BCUT2D eigenvalue weighted by Crippen LogP contribution is 2.19. The van der Waals surface area contributed by atoms with Crippen LogP contribution in [0.15, 0.2) is 42.5 Å². The average Bonchev–Trinajstić information content (AvgIpc) is 2.17. The molecule has 0 saturated heterocycles. The SMILES string of the molecule is ClCc1cccc2ccccc12.O.[NH4+]. The van der Waals surface area contributed by atoms with Crippen LogP contribution >= 0.6 is 11.6 Å². The maximum atomic E-state index is 5.81. The van der Waals surface area contributed by atoms with Gasteiger partial charge in [0.2, 0.25) is 0 Å². The lowest BCUT2D eigenvalue weighted by Gasteiger charge is -2.01. The number of fused-ring (bicyclic) bond motifs is 1. The van der Waals surface area contributed by atoms with Crippen molar-refractivity contribution < 1.29 is 5.48 Å². The highest BCUT2D eigenvalue weighted by molar-refractivity contribution is 6.18. The first kappa shape index (κ1) is 12.9. The smallest absolute Gasteiger partial charge is 0.0480 e. The Hall–Kier alpha value is -1.09. The molecule has 0 unspecified atom stereocenters. The fourth-order valence-corrected chi connectivity index (χ4v) is 1.64. The van der Waals surface area contributed by atoms with Crippen molar-refractivity contribution in [1.82, 2.24) is 6.15 Å². The van der Waals surface area contributed by atoms with Crippen molar-refractivity contribution in [3.8, 4) is 0 Å². The van der Waals surface area contributed by atoms with Crippen LogP contribution in [0.3, 0.4) is 0 Å². The van der Waals surface area contributed by atoms with E-state index in [-0.39, 0.29) is 11.6 Å². The van der Waals surface area contributed by atoms with Gasteiger partial charge in [0.25, 0.3) is 0 Å². The molecule has 0 saturated carbocycles. The fraction of sp³-hybridized carbons (Fsp3) is 0.0909. The van der Waals surface area contributed by atoms with E-state index in [4.69, 9.17) is 11.6 Å². The number of hydrogen-bond donors (Lipinski definition) is 1. The van der Waals surface area contributed by atoms with Crippen molar-refractivity contribution in [1.29, 1.82) is 0 Å². The Morgan fingerprint density at radius 2 is 1.57 bits per heavy atom. The molecule has 3 heteroatoms. The maximum Gasteiger partial charge on any atom is 0.0480 e. The van der Waals surface area contributed by atoms with Crippen molar-refractivity contribution in [3.63, 3.8) is 0 Å². The summed E-state index contributed by atoms with van der Waals surface area (Å²) >= 11 is 5.81. The van der Waals surface area contributed by atoms with E-state index in [1.807, 2.05) is 18.2 Å². The third kappa shape index (κ3) is 2.23. The molecule has 2 aromatic carbocycles. The largest absolute Gasteiger partial charge is 0.412 e. The van der Waals surface area contributed by atoms with Gasteiger partial charge >= 0.3 is 0 Å². The van der Waals surface area contributed by atoms with E-state index >= 15 is 0 Å². The molecule has 14 heavy (non-hydrogen) atoms. The molecule has 2 rings (SSSR count). The van der Waals surface area contributed by atoms with Gasteiger partial charge in [0.15, 0.2) is 0 Å². The first-order chi connectivity index (χ1) is 5.92. The summed E-state index contributed by atoms with van der Waals surface area (Å²) in [5.41, 5.74) is 1.20. The van der Waals surface area contributed by atoms with Crippen LogP contribution in [-0.2, 0) is 5.88 Å². The molecule has 76 valence electrons. The topological polar surface area (TPSA) is 68.0 Å². The summed E-state index contributed by atoms with van der Waals surface area (Å²) in [7, 11) is 0. The minimum Gasteiger partial charge on any atom is -0.412 e. The van der Waals surface area contributed by atoms with Crippen LogP contribution in [0.4, 0.5) is 0 Å². The van der Waals surface area contributed by atoms with Crippen LogP contribution in [0.5, 0.6) is 0 Å². The number of halogens is 1. The van der Waals surface area contributed by atoms with Crippen molar-refractivity contribution in [2.24, 2.45) is 0 Å². The number of benzene rings is 2. The summed E-state index contributed by atoms with van der Waals surface area (Å²) < 4.78 is 0. The van der Waals surface area contributed by atoms with Crippen molar-refractivity contribution in [2.75, 3.05) is 0 Å². The number of rotatable bonds is 1. The van der Waals surface area contributed by atoms with Gasteiger partial charge in [-0.3, -0.25) is 0 Å². The minimum atomic E-state index is 0. The number of quaternary nitrogens is 1. The molecule has 0 fully saturated rings. The van der Waals surface area contributed by atoms with Crippen LogP contribution in [-0.4, -0.2) is 5.48 Å². The quantitative estimate of drug-likeness (QED) is 0.706. The van der Waals surface area contributed by atoms with Crippen molar-refractivity contribution >= 4 is 22.4 Å². The van der Waals surface area contributed by atoms with Gasteiger partial charge in [-0.05, 0) is 16.3 Å². The lowest BCUT2D eigenvalue weighted by atomic mass is 10.1. The second-order valence-corrected chi connectivity index (χ2v) is 3.04. The zero-order valence-electron chi connectivity index (χ0n) is 8.13. The molecule has 0 heterocycles. The van der Waals surface area contributed by atoms with Crippen LogP contribution in [0, 0.1) is 0 Å². The number of hydrogen-bond acceptors (Lipinski definition) is 0. The normalized spacial score (nSPS) is 8.93. The Balaban J connectivity index is 0.000000845. The predicted octanol–water partition coefficient (Wildman–Crippen LogP) is 3.13. The average molecular weight is 213 g/mol. The maximum absolute atomic E-state index is 5.81. The summed E-state index contributed by atoms with van der Waals surface area (Å²) in [5, 5.41) is 2.52. The van der Waals surface area contributed by atoms with E-state index in [1.54, 1.807) is 0 Å². The molecule has 0 aliphatic carbocycles. The monoisotopic (exact) mass is 212 g/mol. The van der Waals surface area contributed by atoms with Gasteiger partial charge in [-0.2, -0.15) is 0 Å². The van der Waals surface area contributed by atoms with E-state index < -0.39 is 0 Å². The Morgan fingerprint density at radius 3 is 2.29 bits per heavy atom. The van der Waals surface area contributed by atoms with Gasteiger partial charge in [-0.15, -0.1) is 11.6 Å². The first-order valence-electron chi connectivity index (χ1n) is 3.94. The lowest BCUT2D eigenvalue weighted by Crippen LogP contribution is -1.79. The molecule has 0 aliphatic heterocycles. The lowest BCUT2D eigenvalue weighted by molar-refractivity contribution is 0.824. The molecule has 2 aromatic rings. The molecular weight excluding hydrogens is 198 g/mol. The van der Waals surface area contributed by atoms with Crippen LogP contribution in [0.25, 0.3) is 10.8 Å². The standard InChI is InChI=1S/C11H9Cl.H3N.H2O/c12-8-10-6-3-5-9-4-1-2-7-11(9)10;;/h1-7H,8H2;1H3;1H2/p+1. The summed E-state index contributed by atoms with van der Waals surface area (Å²) in [6.45, 7) is 0. The Kier molecular flexibility index (Phi) is 5.16. The Morgan fingerprint density at radius 1 is 0.929 bits per heavy atom. The molecule has 6 N–H and O–H groups in total. The fourth-order valence-electron chi connectivity index (χ4n) is 1.41. The summed E-state index contributed by atoms with van der Waals surface area (Å²) in [6.07, 6.45) is 0. The van der Waals surface area contributed by atoms with E-state index in [9.17, 15) is 0 Å². The molecule has 0 radical (unpaired) electrons. The van der Waals surface area contributed by atoms with E-state index in [2.05, 4.69) is 24.3 Å². The van der Waals surface area contributed by atoms with Gasteiger partial charge in [0, 0.05) is 5.88 Å². The molecule has 0 atom stereocenters. The molecule has 0 amide bonds. The molecule has 0 aromatic heterocycles. The third-order valence-electron chi connectivity index (χ3n) is 2.02. The molecular formula is C11H15ClNO+. The third-order valence-corrected chi connectivity index (χ3v) is 2.31. The summed E-state index contributed by atoms with van der Waals surface area (Å²) in [6, 6.07) is 14.5. The van der Waals surface area contributed by atoms with Crippen molar-refractivity contribution in [3.05, 3.63) is 48.0 Å². The highest BCUT2D eigenvalue weighted by atomic mass is 35.5. The Labute approximate surface area is 88.4 Å². The van der Waals surface area contributed by atoms with E-state index in [0.717, 1.165) is 0 Å². The minimum absolute atomic E-state index is 0. The van der Waals surface area contributed by atoms with Gasteiger partial charge in [-0.1, -0.05) is 42.5 Å².